The van der Waals surface area contributed by atoms with Crippen molar-refractivity contribution in [1.29, 1.82) is 0 Å². The maximum Gasteiger partial charge on any atom is 0.232 e. The molecule has 2 N–H and O–H groups in total. The predicted molar refractivity (Wildman–Crippen MR) is 154 cm³/mol. The lowest BCUT2D eigenvalue weighted by atomic mass is 9.70. The number of hydrogen-bond donors (Lipinski definition) is 2. The number of piperidine rings is 1. The summed E-state index contributed by atoms with van der Waals surface area (Å²) >= 11 is 12.6. The van der Waals surface area contributed by atoms with E-state index < -0.39 is 46.5 Å². The first kappa shape index (κ1) is 28.8. The molecule has 3 aromatic carbocycles. The molecular formula is C31H28Cl2F3N3O3. The zero-order valence-corrected chi connectivity index (χ0v) is 24.1. The zero-order chi connectivity index (χ0) is 29.9. The van der Waals surface area contributed by atoms with E-state index in [1.165, 1.54) is 11.0 Å². The number of phenolic OH excluding ortho intramolecular Hbond substituents is 1. The van der Waals surface area contributed by atoms with E-state index in [2.05, 4.69) is 10.2 Å². The van der Waals surface area contributed by atoms with Crippen LogP contribution >= 0.6 is 23.2 Å². The number of likely N-dealkylation sites (tertiary alicyclic amines) is 1. The summed E-state index contributed by atoms with van der Waals surface area (Å²) in [6.45, 7) is 2.73. The van der Waals surface area contributed by atoms with Crippen molar-refractivity contribution in [2.45, 2.75) is 43.7 Å². The molecule has 1 saturated carbocycles. The van der Waals surface area contributed by atoms with Gasteiger partial charge in [0.05, 0.1) is 16.5 Å². The molecule has 0 spiro atoms. The first-order valence-corrected chi connectivity index (χ1v) is 14.5. The molecule has 2 amide bonds. The third-order valence-corrected chi connectivity index (χ3v) is 9.63. The van der Waals surface area contributed by atoms with E-state index in [0.717, 1.165) is 25.0 Å². The number of rotatable bonds is 7. The van der Waals surface area contributed by atoms with Gasteiger partial charge in [0.15, 0.2) is 17.4 Å². The number of benzene rings is 3. The number of anilines is 2. The van der Waals surface area contributed by atoms with E-state index >= 15 is 4.39 Å². The summed E-state index contributed by atoms with van der Waals surface area (Å²) in [4.78, 5) is 29.7. The Morgan fingerprint density at radius 3 is 2.45 bits per heavy atom. The molecule has 2 saturated heterocycles. The van der Waals surface area contributed by atoms with Gasteiger partial charge in [-0.25, -0.2) is 13.2 Å². The van der Waals surface area contributed by atoms with Crippen molar-refractivity contribution in [3.63, 3.8) is 0 Å². The molecule has 2 heterocycles. The number of carbonyl (C=O) groups excluding carboxylic acids is 2. The molecule has 11 heteroatoms. The second kappa shape index (κ2) is 10.8. The van der Waals surface area contributed by atoms with E-state index in [-0.39, 0.29) is 28.9 Å². The van der Waals surface area contributed by atoms with Crippen molar-refractivity contribution < 1.29 is 27.9 Å². The van der Waals surface area contributed by atoms with Gasteiger partial charge in [0, 0.05) is 53.6 Å². The van der Waals surface area contributed by atoms with Crippen LogP contribution in [0.1, 0.15) is 43.2 Å². The molecule has 3 aliphatic rings. The van der Waals surface area contributed by atoms with E-state index in [4.69, 9.17) is 23.2 Å². The van der Waals surface area contributed by atoms with Crippen LogP contribution in [0.15, 0.2) is 48.5 Å². The van der Waals surface area contributed by atoms with Crippen LogP contribution in [0.3, 0.4) is 0 Å². The number of aromatic hydroxyl groups is 1. The number of nitrogens with zero attached hydrogens (tertiary/aromatic N) is 2. The van der Waals surface area contributed by atoms with Gasteiger partial charge >= 0.3 is 0 Å². The minimum atomic E-state index is -1.19. The predicted octanol–water partition coefficient (Wildman–Crippen LogP) is 6.83. The Balaban J connectivity index is 1.57. The van der Waals surface area contributed by atoms with Gasteiger partial charge in [0.1, 0.15) is 5.82 Å². The number of phenols is 1. The van der Waals surface area contributed by atoms with Gasteiger partial charge < -0.3 is 15.3 Å². The molecular weight excluding hydrogens is 590 g/mol. The highest BCUT2D eigenvalue weighted by Crippen LogP contribution is 2.60. The zero-order valence-electron chi connectivity index (χ0n) is 22.6. The average molecular weight is 618 g/mol. The average Bonchev–Trinajstić information content (AvgIpc) is 3.74. The van der Waals surface area contributed by atoms with Crippen LogP contribution in [0.2, 0.25) is 10.0 Å². The van der Waals surface area contributed by atoms with Crippen molar-refractivity contribution >= 4 is 46.9 Å². The van der Waals surface area contributed by atoms with Crippen molar-refractivity contribution in [2.24, 2.45) is 11.8 Å². The second-order valence-corrected chi connectivity index (χ2v) is 12.3. The van der Waals surface area contributed by atoms with Gasteiger partial charge in [0.2, 0.25) is 12.3 Å². The molecule has 0 aromatic heterocycles. The molecule has 6 rings (SSSR count). The summed E-state index contributed by atoms with van der Waals surface area (Å²) in [5.41, 5.74) is 0.242. The van der Waals surface area contributed by atoms with Crippen molar-refractivity contribution in [3.8, 4) is 5.75 Å². The topological polar surface area (TPSA) is 72.9 Å². The fourth-order valence-corrected chi connectivity index (χ4v) is 7.42. The van der Waals surface area contributed by atoms with Gasteiger partial charge in [-0.05, 0) is 61.4 Å². The summed E-state index contributed by atoms with van der Waals surface area (Å²) in [5, 5.41) is 12.7. The first-order valence-electron chi connectivity index (χ1n) is 13.8. The van der Waals surface area contributed by atoms with Crippen LogP contribution < -0.4 is 10.2 Å². The lowest BCUT2D eigenvalue weighted by Crippen LogP contribution is -2.52. The first-order chi connectivity index (χ1) is 20.1. The van der Waals surface area contributed by atoms with Gasteiger partial charge in [-0.1, -0.05) is 41.4 Å². The molecule has 1 aliphatic carbocycles. The summed E-state index contributed by atoms with van der Waals surface area (Å²) in [6, 6.07) is 11.3. The number of fused-ring (bicyclic) bond motifs is 1. The Bertz CT molecular complexity index is 1560. The van der Waals surface area contributed by atoms with E-state index in [1.54, 1.807) is 30.3 Å². The van der Waals surface area contributed by atoms with Crippen molar-refractivity contribution in [3.05, 3.63) is 87.2 Å². The monoisotopic (exact) mass is 617 g/mol. The summed E-state index contributed by atoms with van der Waals surface area (Å²) < 4.78 is 44.8. The number of carbonyl (C=O) groups is 2. The van der Waals surface area contributed by atoms with Crippen LogP contribution in [-0.4, -0.2) is 41.5 Å². The molecule has 0 unspecified atom stereocenters. The molecule has 6 nitrogen and oxygen atoms in total. The fraction of sp³-hybridized carbons (Fsp3) is 0.355. The quantitative estimate of drug-likeness (QED) is 0.285. The number of hydrogen-bond acceptors (Lipinski definition) is 4. The molecule has 220 valence electrons. The smallest absolute Gasteiger partial charge is 0.232 e. The third kappa shape index (κ3) is 4.62. The highest BCUT2D eigenvalue weighted by atomic mass is 35.5. The Labute approximate surface area is 251 Å². The van der Waals surface area contributed by atoms with Crippen molar-refractivity contribution in [2.75, 3.05) is 23.3 Å². The second-order valence-electron chi connectivity index (χ2n) is 11.4. The molecule has 0 bridgehead atoms. The van der Waals surface area contributed by atoms with E-state index in [1.807, 2.05) is 6.92 Å². The Hall–Kier alpha value is -3.27. The van der Waals surface area contributed by atoms with E-state index in [0.29, 0.717) is 41.6 Å². The standard InChI is InChI=1S/C31H28Cl2F3N3O3/c1-31(20-8-7-17(32)11-24(20)37-15-40)27(19-3-2-4-21(33)28(19)36)26-25(39(31)14-16-5-6-16)9-10-38(30(26)42)18-12-22(34)29(41)23(35)13-18/h2-4,7-8,11-13,15-16,25-27,41H,5-6,9-10,14H2,1H3,(H,37,40)/t25-,26+,27-,31+/m0/s1. The largest absolute Gasteiger partial charge is 0.503 e. The number of amides is 2. The molecule has 3 aromatic rings. The lowest BCUT2D eigenvalue weighted by molar-refractivity contribution is -0.125. The lowest BCUT2D eigenvalue weighted by Gasteiger charge is -2.43. The van der Waals surface area contributed by atoms with E-state index in [9.17, 15) is 23.5 Å². The maximum atomic E-state index is 16.0. The third-order valence-electron chi connectivity index (χ3n) is 9.10. The molecule has 4 atom stereocenters. The normalized spacial score (nSPS) is 25.9. The number of nitrogens with one attached hydrogen (secondary N) is 1. The Kier molecular flexibility index (Phi) is 7.40. The number of halogens is 5. The summed E-state index contributed by atoms with van der Waals surface area (Å²) in [5.74, 6) is -5.84. The van der Waals surface area contributed by atoms with Gasteiger partial charge in [-0.15, -0.1) is 0 Å². The minimum absolute atomic E-state index is 0.0336. The highest BCUT2D eigenvalue weighted by Gasteiger charge is 2.63. The summed E-state index contributed by atoms with van der Waals surface area (Å²) in [7, 11) is 0. The van der Waals surface area contributed by atoms with Gasteiger partial charge in [0.25, 0.3) is 0 Å². The molecule has 42 heavy (non-hydrogen) atoms. The summed E-state index contributed by atoms with van der Waals surface area (Å²) in [6.07, 6.45) is 3.02. The SMILES string of the molecule is C[C@@]1(c2ccc(Cl)cc2NC=O)[C@@H](c2cccc(Cl)c2F)[C@@H]2C(=O)N(c3cc(F)c(O)c(F)c3)CC[C@@H]2N1CC1CC1. The van der Waals surface area contributed by atoms with Crippen LogP contribution in [0.5, 0.6) is 5.75 Å². The Morgan fingerprint density at radius 2 is 1.79 bits per heavy atom. The van der Waals surface area contributed by atoms with Crippen LogP contribution in [0.4, 0.5) is 24.5 Å². The Morgan fingerprint density at radius 1 is 1.07 bits per heavy atom. The van der Waals surface area contributed by atoms with Gasteiger partial charge in [-0.2, -0.15) is 0 Å². The fourth-order valence-electron chi connectivity index (χ4n) is 7.07. The molecule has 2 aliphatic heterocycles. The van der Waals surface area contributed by atoms with Gasteiger partial charge in [-0.3, -0.25) is 14.5 Å². The maximum absolute atomic E-state index is 16.0. The van der Waals surface area contributed by atoms with Crippen LogP contribution in [-0.2, 0) is 15.1 Å². The highest BCUT2D eigenvalue weighted by molar-refractivity contribution is 6.31. The van der Waals surface area contributed by atoms with Crippen molar-refractivity contribution in [1.82, 2.24) is 4.90 Å². The molecule has 3 fully saturated rings. The van der Waals surface area contributed by atoms with Crippen LogP contribution in [0.25, 0.3) is 0 Å². The van der Waals surface area contributed by atoms with Crippen LogP contribution in [0, 0.1) is 29.3 Å². The molecule has 0 radical (unpaired) electrons. The minimum Gasteiger partial charge on any atom is -0.503 e.